The Kier molecular flexibility index (Phi) is 4.81. The molecule has 0 amide bonds. The molecule has 1 aromatic carbocycles. The summed E-state index contributed by atoms with van der Waals surface area (Å²) in [5, 5.41) is 5.08. The molecular formula is C18H21FN4O2S. The first kappa shape index (κ1) is 18.5. The van der Waals surface area contributed by atoms with E-state index in [-0.39, 0.29) is 17.3 Å². The third-order valence-electron chi connectivity index (χ3n) is 4.50. The van der Waals surface area contributed by atoms with Gasteiger partial charge in [0.2, 0.25) is 10.0 Å². The van der Waals surface area contributed by atoms with E-state index in [1.807, 2.05) is 0 Å². The molecule has 0 fully saturated rings. The Morgan fingerprint density at radius 1 is 1.27 bits per heavy atom. The largest absolute Gasteiger partial charge is 0.264 e. The van der Waals surface area contributed by atoms with Gasteiger partial charge in [-0.05, 0) is 32.0 Å². The molecule has 6 nitrogen and oxygen atoms in total. The van der Waals surface area contributed by atoms with E-state index >= 15 is 0 Å². The van der Waals surface area contributed by atoms with Gasteiger partial charge in [-0.2, -0.15) is 5.10 Å². The summed E-state index contributed by atoms with van der Waals surface area (Å²) >= 11 is 0. The highest BCUT2D eigenvalue weighted by atomic mass is 32.2. The predicted molar refractivity (Wildman–Crippen MR) is 98.0 cm³/mol. The Bertz CT molecular complexity index is 1080. The Balaban J connectivity index is 2.10. The SMILES string of the molecule is CCN(C)S(=O)(=O)c1c(C)nn(Cc2cc(F)cc3cccnc23)c1C. The minimum Gasteiger partial charge on any atom is -0.264 e. The highest BCUT2D eigenvalue weighted by Crippen LogP contribution is 2.25. The van der Waals surface area contributed by atoms with Crippen LogP contribution in [-0.2, 0) is 16.6 Å². The number of rotatable bonds is 5. The second-order valence-electron chi connectivity index (χ2n) is 6.22. The van der Waals surface area contributed by atoms with Crippen molar-refractivity contribution in [1.29, 1.82) is 0 Å². The van der Waals surface area contributed by atoms with E-state index in [4.69, 9.17) is 0 Å². The molecule has 0 spiro atoms. The molecule has 2 heterocycles. The van der Waals surface area contributed by atoms with Crippen LogP contribution in [0.4, 0.5) is 4.39 Å². The maximum absolute atomic E-state index is 14.0. The van der Waals surface area contributed by atoms with E-state index in [0.29, 0.717) is 34.4 Å². The average molecular weight is 376 g/mol. The Labute approximate surface area is 152 Å². The monoisotopic (exact) mass is 376 g/mol. The molecule has 0 N–H and O–H groups in total. The molecule has 3 rings (SSSR count). The van der Waals surface area contributed by atoms with Gasteiger partial charge in [0.1, 0.15) is 10.7 Å². The number of fused-ring (bicyclic) bond motifs is 1. The van der Waals surface area contributed by atoms with Gasteiger partial charge in [0.05, 0.1) is 23.4 Å². The minimum atomic E-state index is -3.61. The molecule has 0 atom stereocenters. The zero-order chi connectivity index (χ0) is 19.1. The fraction of sp³-hybridized carbons (Fsp3) is 0.333. The molecular weight excluding hydrogens is 355 g/mol. The van der Waals surface area contributed by atoms with Crippen molar-refractivity contribution < 1.29 is 12.8 Å². The van der Waals surface area contributed by atoms with Gasteiger partial charge in [0, 0.05) is 30.7 Å². The van der Waals surface area contributed by atoms with Crippen molar-refractivity contribution in [3.05, 3.63) is 53.2 Å². The van der Waals surface area contributed by atoms with Gasteiger partial charge in [-0.15, -0.1) is 0 Å². The highest BCUT2D eigenvalue weighted by molar-refractivity contribution is 7.89. The third-order valence-corrected chi connectivity index (χ3v) is 6.68. The Hall–Kier alpha value is -2.32. The summed E-state index contributed by atoms with van der Waals surface area (Å²) in [6, 6.07) is 6.39. The lowest BCUT2D eigenvalue weighted by atomic mass is 10.1. The number of halogens is 1. The lowest BCUT2D eigenvalue weighted by Crippen LogP contribution is -2.27. The lowest BCUT2D eigenvalue weighted by molar-refractivity contribution is 0.485. The fourth-order valence-corrected chi connectivity index (χ4v) is 4.59. The van der Waals surface area contributed by atoms with Crippen LogP contribution in [-0.4, -0.2) is 41.1 Å². The molecule has 0 aliphatic heterocycles. The van der Waals surface area contributed by atoms with Crippen LogP contribution in [0.25, 0.3) is 10.9 Å². The van der Waals surface area contributed by atoms with E-state index in [9.17, 15) is 12.8 Å². The summed E-state index contributed by atoms with van der Waals surface area (Å²) in [5.41, 5.74) is 2.28. The second-order valence-corrected chi connectivity index (χ2v) is 8.20. The van der Waals surface area contributed by atoms with Gasteiger partial charge in [0.25, 0.3) is 0 Å². The number of hydrogen-bond acceptors (Lipinski definition) is 4. The summed E-state index contributed by atoms with van der Waals surface area (Å²) in [6.07, 6.45) is 1.65. The molecule has 0 unspecified atom stereocenters. The first-order valence-electron chi connectivity index (χ1n) is 8.29. The van der Waals surface area contributed by atoms with Gasteiger partial charge in [-0.1, -0.05) is 13.0 Å². The number of aromatic nitrogens is 3. The van der Waals surface area contributed by atoms with Crippen molar-refractivity contribution >= 4 is 20.9 Å². The van der Waals surface area contributed by atoms with E-state index in [1.165, 1.54) is 23.5 Å². The van der Waals surface area contributed by atoms with Crippen LogP contribution in [0.15, 0.2) is 35.4 Å². The quantitative estimate of drug-likeness (QED) is 0.687. The van der Waals surface area contributed by atoms with Crippen LogP contribution in [0.1, 0.15) is 23.9 Å². The standard InChI is InChI=1S/C18H21FN4O2S/c1-5-22(4)26(24,25)18-12(2)21-23(13(18)3)11-15-10-16(19)9-14-7-6-8-20-17(14)15/h6-10H,5,11H2,1-4H3. The highest BCUT2D eigenvalue weighted by Gasteiger charge is 2.28. The molecule has 8 heteroatoms. The van der Waals surface area contributed by atoms with E-state index in [0.717, 1.165) is 0 Å². The first-order valence-corrected chi connectivity index (χ1v) is 9.73. The van der Waals surface area contributed by atoms with Crippen molar-refractivity contribution in [2.24, 2.45) is 0 Å². The van der Waals surface area contributed by atoms with E-state index < -0.39 is 10.0 Å². The van der Waals surface area contributed by atoms with Crippen molar-refractivity contribution in [2.45, 2.75) is 32.2 Å². The minimum absolute atomic E-state index is 0.204. The van der Waals surface area contributed by atoms with Crippen LogP contribution in [0, 0.1) is 19.7 Å². The second kappa shape index (κ2) is 6.77. The van der Waals surface area contributed by atoms with Crippen molar-refractivity contribution in [3.63, 3.8) is 0 Å². The van der Waals surface area contributed by atoms with Gasteiger partial charge >= 0.3 is 0 Å². The molecule has 138 valence electrons. The zero-order valence-electron chi connectivity index (χ0n) is 15.2. The molecule has 3 aromatic rings. The molecule has 0 radical (unpaired) electrons. The number of aryl methyl sites for hydroxylation is 1. The molecule has 0 aliphatic rings. The van der Waals surface area contributed by atoms with Gasteiger partial charge < -0.3 is 0 Å². The average Bonchev–Trinajstić information content (AvgIpc) is 2.88. The van der Waals surface area contributed by atoms with Gasteiger partial charge in [-0.3, -0.25) is 9.67 Å². The normalized spacial score (nSPS) is 12.2. The maximum atomic E-state index is 14.0. The molecule has 0 saturated heterocycles. The molecule has 0 saturated carbocycles. The summed E-state index contributed by atoms with van der Waals surface area (Å²) in [7, 11) is -2.07. The maximum Gasteiger partial charge on any atom is 0.246 e. The summed E-state index contributed by atoms with van der Waals surface area (Å²) in [4.78, 5) is 4.54. The smallest absolute Gasteiger partial charge is 0.246 e. The number of sulfonamides is 1. The Morgan fingerprint density at radius 3 is 2.69 bits per heavy atom. The molecule has 2 aromatic heterocycles. The number of nitrogens with zero attached hydrogens (tertiary/aromatic N) is 4. The van der Waals surface area contributed by atoms with Crippen LogP contribution < -0.4 is 0 Å². The number of benzene rings is 1. The summed E-state index contributed by atoms with van der Waals surface area (Å²) < 4.78 is 42.3. The molecule has 0 bridgehead atoms. The number of hydrogen-bond donors (Lipinski definition) is 0. The summed E-state index contributed by atoms with van der Waals surface area (Å²) in [6.45, 7) is 5.76. The van der Waals surface area contributed by atoms with Crippen LogP contribution in [0.2, 0.25) is 0 Å². The lowest BCUT2D eigenvalue weighted by Gasteiger charge is -2.15. The zero-order valence-corrected chi connectivity index (χ0v) is 16.0. The van der Waals surface area contributed by atoms with Crippen molar-refractivity contribution in [3.8, 4) is 0 Å². The van der Waals surface area contributed by atoms with Crippen LogP contribution in [0.3, 0.4) is 0 Å². The summed E-state index contributed by atoms with van der Waals surface area (Å²) in [5.74, 6) is -0.361. The fourth-order valence-electron chi connectivity index (χ4n) is 3.04. The Morgan fingerprint density at radius 2 is 2.00 bits per heavy atom. The molecule has 0 aliphatic carbocycles. The third kappa shape index (κ3) is 3.10. The predicted octanol–water partition coefficient (Wildman–Crippen LogP) is 2.88. The van der Waals surface area contributed by atoms with E-state index in [1.54, 1.807) is 43.8 Å². The van der Waals surface area contributed by atoms with Crippen LogP contribution in [0.5, 0.6) is 0 Å². The van der Waals surface area contributed by atoms with Gasteiger partial charge in [0.15, 0.2) is 0 Å². The first-order chi connectivity index (χ1) is 12.3. The number of pyridine rings is 1. The topological polar surface area (TPSA) is 68.1 Å². The van der Waals surface area contributed by atoms with Crippen molar-refractivity contribution in [2.75, 3.05) is 13.6 Å². The van der Waals surface area contributed by atoms with Crippen LogP contribution >= 0.6 is 0 Å². The van der Waals surface area contributed by atoms with Crippen molar-refractivity contribution in [1.82, 2.24) is 19.1 Å². The van der Waals surface area contributed by atoms with E-state index in [2.05, 4.69) is 10.1 Å². The van der Waals surface area contributed by atoms with Gasteiger partial charge in [-0.25, -0.2) is 17.1 Å². The molecule has 26 heavy (non-hydrogen) atoms.